The van der Waals surface area contributed by atoms with E-state index in [9.17, 15) is 46.1 Å². The second kappa shape index (κ2) is 12.3. The van der Waals surface area contributed by atoms with E-state index < -0.39 is 71.4 Å². The maximum atomic E-state index is 13.6. The highest BCUT2D eigenvalue weighted by Crippen LogP contribution is 2.49. The molecule has 4 rings (SSSR count). The summed E-state index contributed by atoms with van der Waals surface area (Å²) in [5.41, 5.74) is -2.43. The summed E-state index contributed by atoms with van der Waals surface area (Å²) in [4.78, 5) is 27.4. The largest absolute Gasteiger partial charge is 0.459 e. The zero-order valence-electron chi connectivity index (χ0n) is 23.3. The lowest BCUT2D eigenvalue weighted by Crippen LogP contribution is -2.39. The lowest BCUT2D eigenvalue weighted by atomic mass is 9.67. The van der Waals surface area contributed by atoms with E-state index >= 15 is 0 Å². The minimum Gasteiger partial charge on any atom is -0.459 e. The average molecular weight is 616 g/mol. The first-order valence-corrected chi connectivity index (χ1v) is 13.6. The van der Waals surface area contributed by atoms with Crippen LogP contribution in [0.25, 0.3) is 6.08 Å². The van der Waals surface area contributed by atoms with E-state index in [-0.39, 0.29) is 25.5 Å². The van der Waals surface area contributed by atoms with Crippen molar-refractivity contribution in [1.29, 1.82) is 0 Å². The number of alkyl halides is 6. The number of amides is 2. The van der Waals surface area contributed by atoms with E-state index in [0.717, 1.165) is 5.57 Å². The summed E-state index contributed by atoms with van der Waals surface area (Å²) in [6, 6.07) is 3.86. The highest BCUT2D eigenvalue weighted by Gasteiger charge is 2.55. The molecule has 0 radical (unpaired) electrons. The molecule has 0 spiro atoms. The average Bonchev–Trinajstić information content (AvgIpc) is 3.50. The molecule has 1 aliphatic heterocycles. The van der Waals surface area contributed by atoms with E-state index in [4.69, 9.17) is 9.52 Å². The Morgan fingerprint density at radius 3 is 2.19 bits per heavy atom. The Morgan fingerprint density at radius 1 is 1.05 bits per heavy atom. The maximum absolute atomic E-state index is 13.6. The molecule has 234 valence electrons. The predicted octanol–water partition coefficient (Wildman–Crippen LogP) is 5.88. The Morgan fingerprint density at radius 2 is 1.67 bits per heavy atom. The first kappa shape index (κ1) is 32.5. The summed E-state index contributed by atoms with van der Waals surface area (Å²) >= 11 is 0. The van der Waals surface area contributed by atoms with E-state index in [0.29, 0.717) is 52.5 Å². The molecule has 13 heteroatoms. The van der Waals surface area contributed by atoms with Crippen LogP contribution in [0.5, 0.6) is 0 Å². The third-order valence-corrected chi connectivity index (χ3v) is 8.04. The van der Waals surface area contributed by atoms with Crippen LogP contribution in [-0.4, -0.2) is 39.8 Å². The van der Waals surface area contributed by atoms with Crippen LogP contribution in [-0.2, 0) is 28.5 Å². The summed E-state index contributed by atoms with van der Waals surface area (Å²) in [5, 5.41) is 30.8. The number of benzene rings is 1. The summed E-state index contributed by atoms with van der Waals surface area (Å²) < 4.78 is 86.4. The molecule has 1 aromatic heterocycles. The van der Waals surface area contributed by atoms with Crippen molar-refractivity contribution in [2.75, 3.05) is 11.5 Å². The number of fused-ring (bicyclic) bond motifs is 1. The molecular weight excluding hydrogens is 584 g/mol. The van der Waals surface area contributed by atoms with Crippen LogP contribution in [0.1, 0.15) is 62.2 Å². The topological polar surface area (TPSA) is 111 Å². The van der Waals surface area contributed by atoms with E-state index in [2.05, 4.69) is 0 Å². The Hall–Kier alpha value is -3.42. The van der Waals surface area contributed by atoms with Crippen molar-refractivity contribution in [3.8, 4) is 0 Å². The molecule has 1 fully saturated rings. The van der Waals surface area contributed by atoms with Gasteiger partial charge in [0, 0.05) is 5.92 Å². The first-order chi connectivity index (χ1) is 20.1. The highest BCUT2D eigenvalue weighted by molar-refractivity contribution is 6.22. The number of carbonyl (C=O) groups is 2. The highest BCUT2D eigenvalue weighted by atomic mass is 19.4. The molecule has 2 aliphatic rings. The van der Waals surface area contributed by atoms with Crippen LogP contribution < -0.4 is 4.90 Å². The van der Waals surface area contributed by atoms with Crippen molar-refractivity contribution in [2.45, 2.75) is 64.6 Å². The number of aliphatic hydroxyl groups is 3. The standard InChI is InChI=1S/C30H31F6NO6/c1-3-16-9-22-26(23(14-39)25(16)24(40)7-4-15(2)8-20-5-6-21(13-38)43-20)28(42)37(27(22)41)19-11-17(29(31,32)33)10-18(12-19)30(34,35)36/h5-6,8,10-12,22-24,26,38-40H,3-4,7,9,13-14H2,1-2H3/b15-8+/t22-,23+,24-,26-/m1/s1. The molecule has 0 saturated carbocycles. The number of hydrogen-bond donors (Lipinski definition) is 3. The van der Waals surface area contributed by atoms with Crippen LogP contribution in [0.3, 0.4) is 0 Å². The third kappa shape index (κ3) is 6.58. The minimum absolute atomic E-state index is 0.0403. The molecule has 7 nitrogen and oxygen atoms in total. The molecule has 43 heavy (non-hydrogen) atoms. The molecule has 0 unspecified atom stereocenters. The van der Waals surface area contributed by atoms with Crippen LogP contribution in [0.4, 0.5) is 32.0 Å². The van der Waals surface area contributed by atoms with Crippen molar-refractivity contribution in [1.82, 2.24) is 0 Å². The summed E-state index contributed by atoms with van der Waals surface area (Å²) in [5.74, 6) is -4.59. The Balaban J connectivity index is 1.64. The zero-order chi connectivity index (χ0) is 31.9. The molecule has 2 heterocycles. The van der Waals surface area contributed by atoms with Crippen molar-refractivity contribution in [2.24, 2.45) is 17.8 Å². The number of anilines is 1. The van der Waals surface area contributed by atoms with Gasteiger partial charge in [-0.3, -0.25) is 9.59 Å². The Bertz CT molecular complexity index is 1410. The fraction of sp³-hybridized carbons (Fsp3) is 0.467. The molecular formula is C30H31F6NO6. The van der Waals surface area contributed by atoms with Gasteiger partial charge in [0.15, 0.2) is 0 Å². The van der Waals surface area contributed by atoms with Gasteiger partial charge >= 0.3 is 12.4 Å². The fourth-order valence-corrected chi connectivity index (χ4v) is 6.01. The molecule has 4 atom stereocenters. The van der Waals surface area contributed by atoms with Crippen molar-refractivity contribution < 1.29 is 55.7 Å². The van der Waals surface area contributed by atoms with Crippen molar-refractivity contribution >= 4 is 23.6 Å². The van der Waals surface area contributed by atoms with Gasteiger partial charge in [-0.05, 0) is 74.6 Å². The number of furan rings is 1. The van der Waals surface area contributed by atoms with Gasteiger partial charge in [0.05, 0.1) is 41.4 Å². The van der Waals surface area contributed by atoms with Crippen LogP contribution in [0, 0.1) is 17.8 Å². The van der Waals surface area contributed by atoms with Crippen LogP contribution in [0.2, 0.25) is 0 Å². The maximum Gasteiger partial charge on any atom is 0.416 e. The predicted molar refractivity (Wildman–Crippen MR) is 142 cm³/mol. The van der Waals surface area contributed by atoms with Gasteiger partial charge in [-0.1, -0.05) is 18.1 Å². The number of allylic oxidation sites excluding steroid dienone is 2. The summed E-state index contributed by atoms with van der Waals surface area (Å²) in [6.07, 6.45) is -8.96. The van der Waals surface area contributed by atoms with E-state index in [1.807, 2.05) is 0 Å². The Kier molecular flexibility index (Phi) is 9.29. The second-order valence-corrected chi connectivity index (χ2v) is 10.8. The second-order valence-electron chi connectivity index (χ2n) is 10.8. The molecule has 3 N–H and O–H groups in total. The number of nitrogens with zero attached hydrogens (tertiary/aromatic N) is 1. The smallest absolute Gasteiger partial charge is 0.416 e. The van der Waals surface area contributed by atoms with Gasteiger partial charge < -0.3 is 19.7 Å². The summed E-state index contributed by atoms with van der Waals surface area (Å²) in [7, 11) is 0. The molecule has 1 aliphatic carbocycles. The molecule has 1 aromatic carbocycles. The first-order valence-electron chi connectivity index (χ1n) is 13.6. The van der Waals surface area contributed by atoms with Crippen LogP contribution >= 0.6 is 0 Å². The van der Waals surface area contributed by atoms with Gasteiger partial charge in [0.2, 0.25) is 11.8 Å². The quantitative estimate of drug-likeness (QED) is 0.185. The van der Waals surface area contributed by atoms with Gasteiger partial charge in [-0.25, -0.2) is 4.90 Å². The number of halogens is 6. The van der Waals surface area contributed by atoms with Gasteiger partial charge in [0.25, 0.3) is 0 Å². The molecule has 2 aromatic rings. The number of carbonyl (C=O) groups excluding carboxylic acids is 2. The lowest BCUT2D eigenvalue weighted by molar-refractivity contribution is -0.143. The monoisotopic (exact) mass is 615 g/mol. The number of imide groups is 1. The minimum atomic E-state index is -5.18. The third-order valence-electron chi connectivity index (χ3n) is 8.04. The van der Waals surface area contributed by atoms with Gasteiger partial charge in [-0.2, -0.15) is 26.3 Å². The van der Waals surface area contributed by atoms with E-state index in [1.165, 1.54) is 0 Å². The molecule has 2 amide bonds. The van der Waals surface area contributed by atoms with Crippen molar-refractivity contribution in [3.63, 3.8) is 0 Å². The normalized spacial score (nSPS) is 22.4. The molecule has 0 bridgehead atoms. The number of hydrogen-bond acceptors (Lipinski definition) is 6. The number of aliphatic hydroxyl groups excluding tert-OH is 3. The SMILES string of the molecule is CCC1=C([C@H](O)CC/C(C)=C/c2ccc(CO)o2)[C@H](CO)[C@@H]2C(=O)N(c3cc(C(F)(F)F)cc(C(F)(F)F)c3)C(=O)[C@@H]2C1. The van der Waals surface area contributed by atoms with Gasteiger partial charge in [0.1, 0.15) is 18.1 Å². The number of rotatable bonds is 9. The van der Waals surface area contributed by atoms with Gasteiger partial charge in [-0.15, -0.1) is 0 Å². The van der Waals surface area contributed by atoms with E-state index in [1.54, 1.807) is 32.1 Å². The summed E-state index contributed by atoms with van der Waals surface area (Å²) in [6.45, 7) is 2.61. The van der Waals surface area contributed by atoms with Crippen molar-refractivity contribution in [3.05, 3.63) is 69.7 Å². The zero-order valence-corrected chi connectivity index (χ0v) is 23.3. The van der Waals surface area contributed by atoms with Crippen LogP contribution in [0.15, 0.2) is 51.5 Å². The Labute approximate surface area is 243 Å². The molecule has 1 saturated heterocycles. The fourth-order valence-electron chi connectivity index (χ4n) is 6.01. The lowest BCUT2D eigenvalue weighted by Gasteiger charge is -2.36.